The molecule has 200 valence electrons. The number of carbonyl (C=O) groups excluding carboxylic acids is 1. The van der Waals surface area contributed by atoms with E-state index >= 15 is 0 Å². The highest BCUT2D eigenvalue weighted by Crippen LogP contribution is 2.72. The van der Waals surface area contributed by atoms with Crippen molar-refractivity contribution in [2.75, 3.05) is 30.5 Å². The molecule has 1 saturated carbocycles. The molecule has 4 bridgehead atoms. The zero-order valence-electron chi connectivity index (χ0n) is 21.1. The van der Waals surface area contributed by atoms with E-state index in [4.69, 9.17) is 14.2 Å². The molecule has 1 amide bonds. The molecular weight excluding hydrogens is 518 g/mol. The molecule has 1 N–H and O–H groups in total. The molecule has 2 heterocycles. The Morgan fingerprint density at radius 2 is 1.90 bits per heavy atom. The molecule has 2 aromatic carbocycles. The van der Waals surface area contributed by atoms with E-state index < -0.39 is 33.2 Å². The Bertz CT molecular complexity index is 1560. The van der Waals surface area contributed by atoms with E-state index in [0.717, 1.165) is 18.4 Å². The zero-order chi connectivity index (χ0) is 27.1. The van der Waals surface area contributed by atoms with Crippen LogP contribution in [0.3, 0.4) is 0 Å². The topological polar surface area (TPSA) is 106 Å². The van der Waals surface area contributed by atoms with Crippen molar-refractivity contribution in [3.63, 3.8) is 0 Å². The highest BCUT2D eigenvalue weighted by atomic mass is 32.2. The molecule has 2 aromatic rings. The van der Waals surface area contributed by atoms with Gasteiger partial charge in [-0.2, -0.15) is 0 Å². The smallest absolute Gasteiger partial charge is 0.415 e. The lowest BCUT2D eigenvalue weighted by Crippen LogP contribution is -2.57. The van der Waals surface area contributed by atoms with Gasteiger partial charge in [0.05, 0.1) is 28.9 Å². The quantitative estimate of drug-likeness (QED) is 0.421. The average molecular weight is 546 g/mol. The van der Waals surface area contributed by atoms with Crippen LogP contribution < -0.4 is 9.64 Å². The van der Waals surface area contributed by atoms with Crippen LogP contribution in [-0.4, -0.2) is 56.8 Å². The third kappa shape index (κ3) is 4.09. The predicted octanol–water partition coefficient (Wildman–Crippen LogP) is 3.20. The van der Waals surface area contributed by atoms with Gasteiger partial charge in [0.2, 0.25) is 0 Å². The Morgan fingerprint density at radius 1 is 1.10 bits per heavy atom. The minimum atomic E-state index is -3.63. The number of aliphatic hydroxyl groups is 1. The summed E-state index contributed by atoms with van der Waals surface area (Å²) in [5.41, 5.74) is -0.216. The van der Waals surface area contributed by atoms with E-state index in [2.05, 4.69) is 23.7 Å². The monoisotopic (exact) mass is 545 g/mol. The predicted molar refractivity (Wildman–Crippen MR) is 143 cm³/mol. The van der Waals surface area contributed by atoms with E-state index in [9.17, 15) is 18.3 Å². The first-order chi connectivity index (χ1) is 18.9. The van der Waals surface area contributed by atoms with Crippen LogP contribution in [0.5, 0.6) is 5.75 Å². The van der Waals surface area contributed by atoms with Crippen molar-refractivity contribution in [3.05, 3.63) is 66.2 Å². The lowest BCUT2D eigenvalue weighted by atomic mass is 9.64. The summed E-state index contributed by atoms with van der Waals surface area (Å²) in [6.07, 6.45) is 5.04. The summed E-state index contributed by atoms with van der Waals surface area (Å²) >= 11 is 0. The fourth-order valence-electron chi connectivity index (χ4n) is 6.10. The largest absolute Gasteiger partial charge is 0.491 e. The second-order valence-electron chi connectivity index (χ2n) is 9.85. The van der Waals surface area contributed by atoms with Crippen LogP contribution in [0.2, 0.25) is 0 Å². The number of ether oxygens (including phenoxy) is 3. The summed E-state index contributed by atoms with van der Waals surface area (Å²) in [6.45, 7) is -0.320. The van der Waals surface area contributed by atoms with Crippen molar-refractivity contribution in [2.45, 2.75) is 41.4 Å². The van der Waals surface area contributed by atoms with Crippen molar-refractivity contribution >= 4 is 21.6 Å². The van der Waals surface area contributed by atoms with Crippen molar-refractivity contribution in [1.82, 2.24) is 0 Å². The molecule has 0 spiro atoms. The fourth-order valence-corrected chi connectivity index (χ4v) is 7.21. The molecule has 0 unspecified atom stereocenters. The van der Waals surface area contributed by atoms with E-state index in [1.54, 1.807) is 42.5 Å². The first kappa shape index (κ1) is 25.5. The molecule has 2 aliphatic carbocycles. The van der Waals surface area contributed by atoms with Crippen molar-refractivity contribution in [2.24, 2.45) is 5.92 Å². The molecule has 2 fully saturated rings. The summed E-state index contributed by atoms with van der Waals surface area (Å²) < 4.78 is 43.4. The number of sulfone groups is 1. The number of anilines is 1. The zero-order valence-corrected chi connectivity index (χ0v) is 21.9. The number of carbonyl (C=O) groups is 1. The van der Waals surface area contributed by atoms with Gasteiger partial charge < -0.3 is 19.3 Å². The van der Waals surface area contributed by atoms with Gasteiger partial charge in [0.15, 0.2) is 9.84 Å². The molecule has 4 aliphatic rings. The van der Waals surface area contributed by atoms with Gasteiger partial charge in [0, 0.05) is 5.56 Å². The standard InChI is InChI=1S/C30H27NO7S/c32-17-18-36-23-14-15-26-25(21-23)30-22-9-4-1-2-7-13-27(29(30,38-30)16-8-10-22)31(26)28(33)37-19-20-39(34,35)24-11-5-3-6-12-24/h1-3,5-6,11-12,14-15,21-22,27,32H,8,10,16-20H2/b2-1-/t22-,27+,29+,30-/m1/s1. The lowest BCUT2D eigenvalue weighted by molar-refractivity contribution is 0.153. The summed E-state index contributed by atoms with van der Waals surface area (Å²) in [5, 5.41) is 9.25. The number of rotatable bonds is 7. The SMILES string of the molecule is O=C(OCCS(=O)(=O)c1ccccc1)N1c2ccc(OCCO)cc2[C@@]23O[C@]24CCC[C@H]3C#C/C=C\C#C[C@H]14. The van der Waals surface area contributed by atoms with Crippen LogP contribution in [0.1, 0.15) is 24.8 Å². The minimum Gasteiger partial charge on any atom is -0.491 e. The number of hydrogen-bond acceptors (Lipinski definition) is 7. The molecule has 0 aromatic heterocycles. The number of epoxide rings is 1. The van der Waals surface area contributed by atoms with E-state index in [0.29, 0.717) is 17.9 Å². The van der Waals surface area contributed by atoms with E-state index in [1.165, 1.54) is 17.0 Å². The van der Waals surface area contributed by atoms with Gasteiger partial charge in [-0.1, -0.05) is 41.9 Å². The van der Waals surface area contributed by atoms with Crippen LogP contribution in [0, 0.1) is 29.6 Å². The maximum atomic E-state index is 13.7. The summed E-state index contributed by atoms with van der Waals surface area (Å²) in [5.74, 6) is 12.8. The van der Waals surface area contributed by atoms with Gasteiger partial charge >= 0.3 is 6.09 Å². The van der Waals surface area contributed by atoms with Crippen LogP contribution in [0.4, 0.5) is 10.5 Å². The fraction of sp³-hybridized carbons (Fsp3) is 0.367. The Labute approximate surface area is 227 Å². The summed E-state index contributed by atoms with van der Waals surface area (Å²) in [7, 11) is -3.63. The molecule has 1 saturated heterocycles. The van der Waals surface area contributed by atoms with Gasteiger partial charge in [0.25, 0.3) is 0 Å². The number of benzene rings is 2. The van der Waals surface area contributed by atoms with Crippen molar-refractivity contribution < 1.29 is 32.5 Å². The molecule has 39 heavy (non-hydrogen) atoms. The van der Waals surface area contributed by atoms with Crippen molar-refractivity contribution in [3.8, 4) is 29.4 Å². The number of allylic oxidation sites excluding steroid dienone is 2. The van der Waals surface area contributed by atoms with Crippen LogP contribution >= 0.6 is 0 Å². The molecule has 9 heteroatoms. The van der Waals surface area contributed by atoms with E-state index in [1.807, 2.05) is 6.07 Å². The van der Waals surface area contributed by atoms with E-state index in [-0.39, 0.29) is 36.4 Å². The average Bonchev–Trinajstić information content (AvgIpc) is 3.66. The minimum absolute atomic E-state index is 0.112. The second-order valence-corrected chi connectivity index (χ2v) is 12.0. The van der Waals surface area contributed by atoms with Crippen LogP contribution in [0.15, 0.2) is 65.6 Å². The highest BCUT2D eigenvalue weighted by molar-refractivity contribution is 7.91. The number of amides is 1. The number of nitrogens with zero attached hydrogens (tertiary/aromatic N) is 1. The molecule has 6 rings (SSSR count). The van der Waals surface area contributed by atoms with Gasteiger partial charge in [-0.3, -0.25) is 4.90 Å². The molecule has 2 aliphatic heterocycles. The second kappa shape index (κ2) is 9.77. The van der Waals surface area contributed by atoms with Gasteiger partial charge in [-0.05, 0) is 61.7 Å². The Kier molecular flexibility index (Phi) is 6.39. The normalized spacial score (nSPS) is 28.3. The molecule has 0 radical (unpaired) electrons. The van der Waals surface area contributed by atoms with Crippen LogP contribution in [-0.2, 0) is 24.9 Å². The lowest BCUT2D eigenvalue weighted by Gasteiger charge is -2.43. The first-order valence-electron chi connectivity index (χ1n) is 12.9. The number of fused-ring (bicyclic) bond motifs is 1. The first-order valence-corrected chi connectivity index (χ1v) is 14.6. The maximum Gasteiger partial charge on any atom is 0.415 e. The summed E-state index contributed by atoms with van der Waals surface area (Å²) in [6, 6.07) is 12.8. The molecular formula is C30H27NO7S. The Balaban J connectivity index is 1.37. The highest BCUT2D eigenvalue weighted by Gasteiger charge is 2.81. The maximum absolute atomic E-state index is 13.7. The van der Waals surface area contributed by atoms with Gasteiger partial charge in [-0.25, -0.2) is 13.2 Å². The molecule has 4 atom stereocenters. The van der Waals surface area contributed by atoms with Crippen molar-refractivity contribution in [1.29, 1.82) is 0 Å². The number of hydrogen-bond donors (Lipinski definition) is 1. The Hall–Kier alpha value is -3.76. The summed E-state index contributed by atoms with van der Waals surface area (Å²) in [4.78, 5) is 15.4. The third-order valence-electron chi connectivity index (χ3n) is 7.75. The Morgan fingerprint density at radius 3 is 2.69 bits per heavy atom. The van der Waals surface area contributed by atoms with Crippen LogP contribution in [0.25, 0.3) is 0 Å². The number of aliphatic hydroxyl groups excluding tert-OH is 1. The molecule has 8 nitrogen and oxygen atoms in total. The third-order valence-corrected chi connectivity index (χ3v) is 9.45. The van der Waals surface area contributed by atoms with Gasteiger partial charge in [0.1, 0.15) is 36.2 Å². The van der Waals surface area contributed by atoms with Gasteiger partial charge in [-0.15, -0.1) is 0 Å².